The summed E-state index contributed by atoms with van der Waals surface area (Å²) in [5, 5.41) is 0. The molecule has 0 aromatic heterocycles. The number of benzene rings is 2. The number of aryl methyl sites for hydroxylation is 1. The van der Waals surface area contributed by atoms with Crippen molar-refractivity contribution >= 4 is 21.6 Å². The van der Waals surface area contributed by atoms with Crippen LogP contribution in [-0.4, -0.2) is 32.3 Å². The number of carbonyl (C=O) groups excluding carboxylic acids is 1. The molecule has 134 valence electrons. The zero-order valence-corrected chi connectivity index (χ0v) is 15.4. The molecule has 0 saturated heterocycles. The van der Waals surface area contributed by atoms with Gasteiger partial charge in [0.1, 0.15) is 0 Å². The van der Waals surface area contributed by atoms with Gasteiger partial charge < -0.3 is 4.90 Å². The maximum Gasteiger partial charge on any atom is 0.268 e. The molecule has 2 aromatic carbocycles. The van der Waals surface area contributed by atoms with Crippen LogP contribution in [0.4, 0.5) is 5.69 Å². The maximum atomic E-state index is 13.3. The molecular formula is C20H20N2O3S. The van der Waals surface area contributed by atoms with Crippen molar-refractivity contribution in [1.29, 1.82) is 0 Å². The monoisotopic (exact) mass is 368 g/mol. The van der Waals surface area contributed by atoms with E-state index in [1.807, 2.05) is 6.92 Å². The quantitative estimate of drug-likeness (QED) is 0.778. The van der Waals surface area contributed by atoms with Crippen molar-refractivity contribution in [1.82, 2.24) is 4.90 Å². The van der Waals surface area contributed by atoms with E-state index in [-0.39, 0.29) is 17.3 Å². The minimum Gasteiger partial charge on any atom is -0.329 e. The van der Waals surface area contributed by atoms with Crippen LogP contribution in [0.2, 0.25) is 0 Å². The summed E-state index contributed by atoms with van der Waals surface area (Å²) < 4.78 is 27.8. The van der Waals surface area contributed by atoms with E-state index in [4.69, 9.17) is 0 Å². The number of hydrogen-bond donors (Lipinski definition) is 0. The van der Waals surface area contributed by atoms with Crippen molar-refractivity contribution in [2.75, 3.05) is 17.4 Å². The summed E-state index contributed by atoms with van der Waals surface area (Å²) in [6.45, 7) is 9.92. The molecule has 3 rings (SSSR count). The highest BCUT2D eigenvalue weighted by Crippen LogP contribution is 2.34. The molecule has 0 N–H and O–H groups in total. The second kappa shape index (κ2) is 6.80. The molecule has 5 nitrogen and oxygen atoms in total. The van der Waals surface area contributed by atoms with E-state index >= 15 is 0 Å². The number of anilines is 1. The molecule has 2 aromatic rings. The largest absolute Gasteiger partial charge is 0.329 e. The fraction of sp³-hybridized carbons (Fsp3) is 0.150. The smallest absolute Gasteiger partial charge is 0.268 e. The highest BCUT2D eigenvalue weighted by molar-refractivity contribution is 7.93. The minimum atomic E-state index is -3.90. The van der Waals surface area contributed by atoms with Gasteiger partial charge in [0.05, 0.1) is 22.7 Å². The molecule has 1 heterocycles. The molecule has 1 aliphatic heterocycles. The van der Waals surface area contributed by atoms with E-state index in [1.54, 1.807) is 54.6 Å². The van der Waals surface area contributed by atoms with Crippen LogP contribution in [0.1, 0.15) is 15.9 Å². The fourth-order valence-corrected chi connectivity index (χ4v) is 4.45. The highest BCUT2D eigenvalue weighted by atomic mass is 32.2. The molecule has 0 atom stereocenters. The average Bonchev–Trinajstić information content (AvgIpc) is 2.71. The number of amides is 1. The van der Waals surface area contributed by atoms with Crippen molar-refractivity contribution in [3.8, 4) is 0 Å². The molecule has 0 radical (unpaired) electrons. The van der Waals surface area contributed by atoms with Crippen LogP contribution in [0, 0.1) is 6.92 Å². The number of sulfonamides is 1. The number of rotatable bonds is 4. The minimum absolute atomic E-state index is 0.102. The summed E-state index contributed by atoms with van der Waals surface area (Å²) >= 11 is 0. The lowest BCUT2D eigenvalue weighted by molar-refractivity contribution is 0.0791. The molecule has 0 unspecified atom stereocenters. The summed E-state index contributed by atoms with van der Waals surface area (Å²) in [4.78, 5) is 14.5. The normalized spacial score (nSPS) is 14.8. The summed E-state index contributed by atoms with van der Waals surface area (Å²) in [6.07, 6.45) is 1.61. The molecule has 0 bridgehead atoms. The van der Waals surface area contributed by atoms with E-state index in [0.717, 1.165) is 5.56 Å². The van der Waals surface area contributed by atoms with E-state index in [0.29, 0.717) is 23.5 Å². The van der Waals surface area contributed by atoms with Gasteiger partial charge in [-0.15, -0.1) is 6.58 Å². The highest BCUT2D eigenvalue weighted by Gasteiger charge is 2.35. The Morgan fingerprint density at radius 3 is 2.42 bits per heavy atom. The van der Waals surface area contributed by atoms with Crippen molar-refractivity contribution in [2.24, 2.45) is 0 Å². The molecule has 1 aliphatic rings. The topological polar surface area (TPSA) is 57.7 Å². The maximum absolute atomic E-state index is 13.3. The van der Waals surface area contributed by atoms with E-state index < -0.39 is 10.0 Å². The van der Waals surface area contributed by atoms with Gasteiger partial charge in [0.25, 0.3) is 15.9 Å². The first-order valence-electron chi connectivity index (χ1n) is 8.15. The molecule has 0 saturated carbocycles. The Balaban J connectivity index is 2.19. The molecule has 26 heavy (non-hydrogen) atoms. The molecular weight excluding hydrogens is 348 g/mol. The lowest BCUT2D eigenvalue weighted by atomic mass is 10.1. The number of hydrogen-bond acceptors (Lipinski definition) is 3. The third kappa shape index (κ3) is 3.04. The standard InChI is InChI=1S/C20H20N2O3S/c1-4-13-21-14-16(3)22(19-8-6-5-7-18(19)20(21)23)26(24,25)17-11-9-15(2)10-12-17/h4-12H,1,3,13-14H2,2H3. The Morgan fingerprint density at radius 2 is 1.77 bits per heavy atom. The molecule has 0 aliphatic carbocycles. The molecule has 6 heteroatoms. The van der Waals surface area contributed by atoms with Crippen molar-refractivity contribution in [3.63, 3.8) is 0 Å². The summed E-state index contributed by atoms with van der Waals surface area (Å²) in [7, 11) is -3.90. The summed E-state index contributed by atoms with van der Waals surface area (Å²) in [6, 6.07) is 13.3. The van der Waals surface area contributed by atoms with Crippen LogP contribution < -0.4 is 4.31 Å². The fourth-order valence-electron chi connectivity index (χ4n) is 2.95. The van der Waals surface area contributed by atoms with Gasteiger partial charge in [-0.05, 0) is 31.2 Å². The van der Waals surface area contributed by atoms with Gasteiger partial charge in [-0.1, -0.05) is 42.5 Å². The van der Waals surface area contributed by atoms with Crippen LogP contribution in [-0.2, 0) is 10.0 Å². The van der Waals surface area contributed by atoms with Gasteiger partial charge in [-0.3, -0.25) is 4.79 Å². The zero-order valence-electron chi connectivity index (χ0n) is 14.6. The number of carbonyl (C=O) groups is 1. The SMILES string of the molecule is C=CCN1CC(=C)N(S(=O)(=O)c2ccc(C)cc2)c2ccccc2C1=O. The van der Waals surface area contributed by atoms with Crippen LogP contribution in [0.25, 0.3) is 0 Å². The van der Waals surface area contributed by atoms with Crippen LogP contribution >= 0.6 is 0 Å². The summed E-state index contributed by atoms with van der Waals surface area (Å²) in [5.74, 6) is -0.247. The van der Waals surface area contributed by atoms with Crippen LogP contribution in [0.15, 0.2) is 78.4 Å². The first-order valence-corrected chi connectivity index (χ1v) is 9.59. The second-order valence-corrected chi connectivity index (χ2v) is 7.93. The van der Waals surface area contributed by atoms with E-state index in [1.165, 1.54) is 9.21 Å². The molecule has 0 spiro atoms. The molecule has 1 amide bonds. The van der Waals surface area contributed by atoms with Crippen molar-refractivity contribution in [3.05, 3.63) is 84.6 Å². The second-order valence-electron chi connectivity index (χ2n) is 6.14. The Morgan fingerprint density at radius 1 is 1.12 bits per heavy atom. The van der Waals surface area contributed by atoms with Gasteiger partial charge >= 0.3 is 0 Å². The third-order valence-electron chi connectivity index (χ3n) is 4.21. The Bertz CT molecular complexity index is 978. The number of nitrogens with zero attached hydrogens (tertiary/aromatic N) is 2. The molecule has 0 fully saturated rings. The van der Waals surface area contributed by atoms with Crippen LogP contribution in [0.3, 0.4) is 0 Å². The first-order chi connectivity index (χ1) is 12.4. The number of para-hydroxylation sites is 1. The van der Waals surface area contributed by atoms with Gasteiger partial charge in [-0.25, -0.2) is 12.7 Å². The Kier molecular flexibility index (Phi) is 4.70. The Labute approximate surface area is 153 Å². The van der Waals surface area contributed by atoms with Gasteiger partial charge in [-0.2, -0.15) is 0 Å². The van der Waals surface area contributed by atoms with Gasteiger partial charge in [0.15, 0.2) is 0 Å². The average molecular weight is 368 g/mol. The summed E-state index contributed by atoms with van der Waals surface area (Å²) in [5.41, 5.74) is 1.91. The third-order valence-corrected chi connectivity index (χ3v) is 6.01. The lowest BCUT2D eigenvalue weighted by Crippen LogP contribution is -2.35. The van der Waals surface area contributed by atoms with Gasteiger partial charge in [0.2, 0.25) is 0 Å². The first kappa shape index (κ1) is 17.9. The Hall–Kier alpha value is -2.86. The zero-order chi connectivity index (χ0) is 18.9. The lowest BCUT2D eigenvalue weighted by Gasteiger charge is -2.26. The van der Waals surface area contributed by atoms with E-state index in [2.05, 4.69) is 13.2 Å². The van der Waals surface area contributed by atoms with Gasteiger partial charge in [0, 0.05) is 12.2 Å². The van der Waals surface area contributed by atoms with Crippen LogP contribution in [0.5, 0.6) is 0 Å². The predicted octanol–water partition coefficient (Wildman–Crippen LogP) is 3.35. The van der Waals surface area contributed by atoms with Crippen molar-refractivity contribution < 1.29 is 13.2 Å². The van der Waals surface area contributed by atoms with Crippen molar-refractivity contribution in [2.45, 2.75) is 11.8 Å². The van der Waals surface area contributed by atoms with E-state index in [9.17, 15) is 13.2 Å². The predicted molar refractivity (Wildman–Crippen MR) is 103 cm³/mol. The number of fused-ring (bicyclic) bond motifs is 1.